The van der Waals surface area contributed by atoms with Crippen molar-refractivity contribution in [2.24, 2.45) is 5.92 Å². The molecule has 21 heavy (non-hydrogen) atoms. The number of hydrogen-bond acceptors (Lipinski definition) is 4. The Morgan fingerprint density at radius 2 is 2.00 bits per heavy atom. The van der Waals surface area contributed by atoms with E-state index in [9.17, 15) is 24.1 Å². The summed E-state index contributed by atoms with van der Waals surface area (Å²) in [7, 11) is 0. The number of carboxylic acid groups (broad SMARTS) is 1. The number of benzene rings is 1. The summed E-state index contributed by atoms with van der Waals surface area (Å²) in [6.07, 6.45) is 0. The number of amides is 2. The van der Waals surface area contributed by atoms with Crippen LogP contribution in [0.25, 0.3) is 0 Å². The Kier molecular flexibility index (Phi) is 5.17. The Hall–Kier alpha value is -2.71. The van der Waals surface area contributed by atoms with E-state index in [0.29, 0.717) is 0 Å². The van der Waals surface area contributed by atoms with Gasteiger partial charge in [0.1, 0.15) is 11.9 Å². The molecule has 0 spiro atoms. The van der Waals surface area contributed by atoms with Gasteiger partial charge in [-0.25, -0.2) is 14.0 Å². The monoisotopic (exact) mass is 299 g/mol. The van der Waals surface area contributed by atoms with Gasteiger partial charge in [0, 0.05) is 12.1 Å². The van der Waals surface area contributed by atoms with Crippen LogP contribution >= 0.6 is 0 Å². The molecule has 1 rings (SSSR count). The van der Waals surface area contributed by atoms with E-state index in [-0.39, 0.29) is 5.92 Å². The van der Waals surface area contributed by atoms with Crippen LogP contribution in [0.1, 0.15) is 13.8 Å². The normalized spacial score (nSPS) is 11.8. The van der Waals surface area contributed by atoms with Crippen molar-refractivity contribution in [2.75, 3.05) is 5.32 Å². The lowest BCUT2D eigenvalue weighted by Crippen LogP contribution is -2.46. The van der Waals surface area contributed by atoms with Crippen molar-refractivity contribution in [3.63, 3.8) is 0 Å². The second-order valence-electron chi connectivity index (χ2n) is 4.58. The summed E-state index contributed by atoms with van der Waals surface area (Å²) in [6.45, 7) is 3.18. The van der Waals surface area contributed by atoms with Gasteiger partial charge in [-0.05, 0) is 12.0 Å². The molecule has 0 unspecified atom stereocenters. The van der Waals surface area contributed by atoms with Gasteiger partial charge in [0.15, 0.2) is 0 Å². The van der Waals surface area contributed by atoms with Crippen LogP contribution in [0, 0.1) is 21.8 Å². The molecule has 1 aromatic carbocycles. The smallest absolute Gasteiger partial charge is 0.326 e. The summed E-state index contributed by atoms with van der Waals surface area (Å²) < 4.78 is 13.5. The number of non-ortho nitro benzene ring substituents is 1. The van der Waals surface area contributed by atoms with Crippen molar-refractivity contribution in [2.45, 2.75) is 19.9 Å². The van der Waals surface area contributed by atoms with Crippen molar-refractivity contribution in [3.05, 3.63) is 34.1 Å². The van der Waals surface area contributed by atoms with Crippen LogP contribution in [-0.2, 0) is 4.79 Å². The number of anilines is 1. The second kappa shape index (κ2) is 6.64. The highest BCUT2D eigenvalue weighted by Gasteiger charge is 2.24. The molecule has 8 nitrogen and oxygen atoms in total. The quantitative estimate of drug-likeness (QED) is 0.566. The molecule has 0 fully saturated rings. The molecule has 0 radical (unpaired) electrons. The SMILES string of the molecule is CC(C)[C@@H](NC(=O)Nc1cc([N+](=O)[O-])ccc1F)C(=O)O. The summed E-state index contributed by atoms with van der Waals surface area (Å²) in [5.74, 6) is -2.49. The third-order valence-corrected chi connectivity index (χ3v) is 2.63. The number of carboxylic acids is 1. The number of aliphatic carboxylic acids is 1. The van der Waals surface area contributed by atoms with Crippen LogP contribution in [-0.4, -0.2) is 28.1 Å². The summed E-state index contributed by atoms with van der Waals surface area (Å²) in [4.78, 5) is 32.4. The summed E-state index contributed by atoms with van der Waals surface area (Å²) >= 11 is 0. The average molecular weight is 299 g/mol. The number of nitro benzene ring substituents is 1. The molecule has 0 heterocycles. The third kappa shape index (κ3) is 4.41. The maximum absolute atomic E-state index is 13.5. The third-order valence-electron chi connectivity index (χ3n) is 2.63. The molecule has 0 saturated heterocycles. The fraction of sp³-hybridized carbons (Fsp3) is 0.333. The van der Waals surface area contributed by atoms with Crippen molar-refractivity contribution in [3.8, 4) is 0 Å². The highest BCUT2D eigenvalue weighted by molar-refractivity contribution is 5.92. The topological polar surface area (TPSA) is 122 Å². The lowest BCUT2D eigenvalue weighted by molar-refractivity contribution is -0.384. The van der Waals surface area contributed by atoms with Gasteiger partial charge in [-0.3, -0.25) is 10.1 Å². The van der Waals surface area contributed by atoms with E-state index in [1.165, 1.54) is 0 Å². The number of hydrogen-bond donors (Lipinski definition) is 3. The fourth-order valence-electron chi connectivity index (χ4n) is 1.54. The molecular weight excluding hydrogens is 285 g/mol. The number of nitro groups is 1. The van der Waals surface area contributed by atoms with Crippen LogP contribution in [0.2, 0.25) is 0 Å². The largest absolute Gasteiger partial charge is 0.480 e. The Labute approximate surface area is 119 Å². The summed E-state index contributed by atoms with van der Waals surface area (Å²) in [5.41, 5.74) is -0.806. The maximum Gasteiger partial charge on any atom is 0.326 e. The lowest BCUT2D eigenvalue weighted by atomic mass is 10.1. The van der Waals surface area contributed by atoms with E-state index >= 15 is 0 Å². The molecule has 2 amide bonds. The first kappa shape index (κ1) is 16.3. The van der Waals surface area contributed by atoms with E-state index in [1.54, 1.807) is 13.8 Å². The number of rotatable bonds is 5. The standard InChI is InChI=1S/C12H14FN3O5/c1-6(2)10(11(17)18)15-12(19)14-9-5-7(16(20)21)3-4-8(9)13/h3-6,10H,1-2H3,(H,17,18)(H2,14,15,19)/t10-/m1/s1. The molecule has 0 aliphatic carbocycles. The maximum atomic E-state index is 13.5. The first-order valence-corrected chi connectivity index (χ1v) is 5.96. The summed E-state index contributed by atoms with van der Waals surface area (Å²) in [5, 5.41) is 23.7. The number of carbonyl (C=O) groups excluding carboxylic acids is 1. The number of nitrogens with one attached hydrogen (secondary N) is 2. The fourth-order valence-corrected chi connectivity index (χ4v) is 1.54. The average Bonchev–Trinajstić information content (AvgIpc) is 2.37. The predicted octanol–water partition coefficient (Wildman–Crippen LogP) is 1.96. The van der Waals surface area contributed by atoms with Crippen LogP contribution in [0.3, 0.4) is 0 Å². The van der Waals surface area contributed by atoms with Crippen LogP contribution in [0.5, 0.6) is 0 Å². The molecular formula is C12H14FN3O5. The van der Waals surface area contributed by atoms with Gasteiger partial charge in [-0.1, -0.05) is 13.8 Å². The van der Waals surface area contributed by atoms with Crippen LogP contribution in [0.15, 0.2) is 18.2 Å². The van der Waals surface area contributed by atoms with Gasteiger partial charge in [0.05, 0.1) is 10.6 Å². The molecule has 0 aromatic heterocycles. The van der Waals surface area contributed by atoms with Crippen molar-refractivity contribution >= 4 is 23.4 Å². The van der Waals surface area contributed by atoms with Crippen molar-refractivity contribution in [1.29, 1.82) is 0 Å². The first-order chi connectivity index (χ1) is 9.72. The molecule has 3 N–H and O–H groups in total. The van der Waals surface area contributed by atoms with Gasteiger partial charge < -0.3 is 15.7 Å². The van der Waals surface area contributed by atoms with Crippen LogP contribution < -0.4 is 10.6 Å². The molecule has 0 saturated carbocycles. The molecule has 0 bridgehead atoms. The number of carbonyl (C=O) groups is 2. The van der Waals surface area contributed by atoms with Crippen LogP contribution in [0.4, 0.5) is 20.6 Å². The zero-order valence-electron chi connectivity index (χ0n) is 11.3. The van der Waals surface area contributed by atoms with E-state index in [1.807, 2.05) is 0 Å². The molecule has 1 atom stereocenters. The molecule has 0 aliphatic rings. The molecule has 1 aromatic rings. The first-order valence-electron chi connectivity index (χ1n) is 5.96. The molecule has 0 aliphatic heterocycles. The van der Waals surface area contributed by atoms with E-state index in [2.05, 4.69) is 10.6 Å². The second-order valence-corrected chi connectivity index (χ2v) is 4.58. The highest BCUT2D eigenvalue weighted by Crippen LogP contribution is 2.21. The Bertz CT molecular complexity index is 576. The van der Waals surface area contributed by atoms with Gasteiger partial charge in [0.2, 0.25) is 0 Å². The minimum Gasteiger partial charge on any atom is -0.480 e. The van der Waals surface area contributed by atoms with E-state index < -0.39 is 40.2 Å². The van der Waals surface area contributed by atoms with E-state index in [0.717, 1.165) is 18.2 Å². The summed E-state index contributed by atoms with van der Waals surface area (Å²) in [6, 6.07) is 0.514. The van der Waals surface area contributed by atoms with E-state index in [4.69, 9.17) is 5.11 Å². The Balaban J connectivity index is 2.85. The highest BCUT2D eigenvalue weighted by atomic mass is 19.1. The lowest BCUT2D eigenvalue weighted by Gasteiger charge is -2.18. The van der Waals surface area contributed by atoms with Gasteiger partial charge in [0.25, 0.3) is 5.69 Å². The van der Waals surface area contributed by atoms with Crippen molar-refractivity contribution < 1.29 is 24.0 Å². The number of urea groups is 1. The molecule has 114 valence electrons. The number of nitrogens with zero attached hydrogens (tertiary/aromatic N) is 1. The van der Waals surface area contributed by atoms with Crippen molar-refractivity contribution in [1.82, 2.24) is 5.32 Å². The Morgan fingerprint density at radius 3 is 2.48 bits per heavy atom. The van der Waals surface area contributed by atoms with Gasteiger partial charge in [-0.2, -0.15) is 0 Å². The number of halogens is 1. The molecule has 9 heteroatoms. The predicted molar refractivity (Wildman–Crippen MR) is 71.5 cm³/mol. The Morgan fingerprint density at radius 1 is 1.38 bits per heavy atom. The zero-order chi connectivity index (χ0) is 16.2. The minimum absolute atomic E-state index is 0.386. The van der Waals surface area contributed by atoms with Gasteiger partial charge >= 0.3 is 12.0 Å². The minimum atomic E-state index is -1.24. The van der Waals surface area contributed by atoms with Gasteiger partial charge in [-0.15, -0.1) is 0 Å². The zero-order valence-corrected chi connectivity index (χ0v) is 11.3.